The van der Waals surface area contributed by atoms with Gasteiger partial charge in [0.05, 0.1) is 0 Å². The maximum Gasteiger partial charge on any atom is 0.223 e. The molecule has 1 saturated carbocycles. The van der Waals surface area contributed by atoms with Crippen LogP contribution in [0.3, 0.4) is 0 Å². The Morgan fingerprint density at radius 2 is 2.12 bits per heavy atom. The summed E-state index contributed by atoms with van der Waals surface area (Å²) in [6.45, 7) is 3.95. The van der Waals surface area contributed by atoms with Gasteiger partial charge in [-0.3, -0.25) is 4.79 Å². The van der Waals surface area contributed by atoms with Crippen molar-refractivity contribution in [3.8, 4) is 11.4 Å². The van der Waals surface area contributed by atoms with Gasteiger partial charge in [0.15, 0.2) is 0 Å². The summed E-state index contributed by atoms with van der Waals surface area (Å²) in [7, 11) is 0. The Morgan fingerprint density at radius 1 is 1.28 bits per heavy atom. The normalized spacial score (nSPS) is 20.8. The first-order valence-corrected chi connectivity index (χ1v) is 9.81. The second-order valence-electron chi connectivity index (χ2n) is 7.28. The standard InChI is InChI=1S/C20H21N3OS/c1-13-19(16-4-2-3-5-17(16)25-13)20-21-8-9-22(20)11-14-10-18(24)23(12-14)15-6-7-15/h2-5,8-9,14-15H,6-7,10-12H2,1H3/t14-/m1/s1. The third kappa shape index (κ3) is 2.58. The molecule has 0 radical (unpaired) electrons. The number of rotatable bonds is 4. The average molecular weight is 351 g/mol. The number of amides is 1. The van der Waals surface area contributed by atoms with E-state index in [1.165, 1.54) is 33.4 Å². The molecule has 2 aliphatic rings. The van der Waals surface area contributed by atoms with Crippen LogP contribution in [0.2, 0.25) is 0 Å². The number of nitrogens with zero attached hydrogens (tertiary/aromatic N) is 3. The molecule has 25 heavy (non-hydrogen) atoms. The van der Waals surface area contributed by atoms with Crippen molar-refractivity contribution >= 4 is 27.3 Å². The zero-order chi connectivity index (χ0) is 17.0. The molecule has 1 saturated heterocycles. The Labute approximate surface area is 151 Å². The van der Waals surface area contributed by atoms with E-state index in [-0.39, 0.29) is 0 Å². The van der Waals surface area contributed by atoms with Crippen molar-refractivity contribution in [1.82, 2.24) is 14.5 Å². The summed E-state index contributed by atoms with van der Waals surface area (Å²) in [5.41, 5.74) is 1.24. The minimum Gasteiger partial charge on any atom is -0.339 e. The highest BCUT2D eigenvalue weighted by molar-refractivity contribution is 7.19. The number of hydrogen-bond donors (Lipinski definition) is 0. The molecule has 128 valence electrons. The van der Waals surface area contributed by atoms with E-state index >= 15 is 0 Å². The van der Waals surface area contributed by atoms with Gasteiger partial charge in [0.1, 0.15) is 5.82 Å². The number of carbonyl (C=O) groups excluding carboxylic acids is 1. The molecule has 5 heteroatoms. The van der Waals surface area contributed by atoms with E-state index in [0.29, 0.717) is 24.3 Å². The van der Waals surface area contributed by atoms with Gasteiger partial charge in [-0.15, -0.1) is 11.3 Å². The smallest absolute Gasteiger partial charge is 0.223 e. The predicted molar refractivity (Wildman–Crippen MR) is 101 cm³/mol. The Kier molecular flexibility index (Phi) is 3.45. The molecular weight excluding hydrogens is 330 g/mol. The third-order valence-electron chi connectivity index (χ3n) is 5.39. The van der Waals surface area contributed by atoms with E-state index in [1.807, 2.05) is 17.5 Å². The fourth-order valence-electron chi connectivity index (χ4n) is 4.08. The Bertz CT molecular complexity index is 953. The summed E-state index contributed by atoms with van der Waals surface area (Å²) in [6.07, 6.45) is 7.00. The van der Waals surface area contributed by atoms with E-state index in [4.69, 9.17) is 0 Å². The van der Waals surface area contributed by atoms with Crippen molar-refractivity contribution < 1.29 is 4.79 Å². The molecule has 5 rings (SSSR count). The Morgan fingerprint density at radius 3 is 2.96 bits per heavy atom. The first-order valence-electron chi connectivity index (χ1n) is 9.00. The van der Waals surface area contributed by atoms with Gasteiger partial charge in [-0.25, -0.2) is 4.98 Å². The van der Waals surface area contributed by atoms with E-state index in [2.05, 4.69) is 51.8 Å². The molecule has 2 aromatic heterocycles. The van der Waals surface area contributed by atoms with Gasteiger partial charge in [-0.1, -0.05) is 18.2 Å². The van der Waals surface area contributed by atoms with E-state index in [0.717, 1.165) is 18.9 Å². The van der Waals surface area contributed by atoms with E-state index in [9.17, 15) is 4.79 Å². The van der Waals surface area contributed by atoms with Gasteiger partial charge in [0.25, 0.3) is 0 Å². The highest BCUT2D eigenvalue weighted by Gasteiger charge is 2.39. The molecule has 1 atom stereocenters. The molecule has 4 nitrogen and oxygen atoms in total. The van der Waals surface area contributed by atoms with Crippen LogP contribution >= 0.6 is 11.3 Å². The van der Waals surface area contributed by atoms with Gasteiger partial charge in [-0.2, -0.15) is 0 Å². The fourth-order valence-corrected chi connectivity index (χ4v) is 5.14. The number of imidazole rings is 1. The van der Waals surface area contributed by atoms with Crippen LogP contribution in [-0.2, 0) is 11.3 Å². The van der Waals surface area contributed by atoms with Crippen molar-refractivity contribution in [2.24, 2.45) is 5.92 Å². The summed E-state index contributed by atoms with van der Waals surface area (Å²) in [5.74, 6) is 1.77. The second kappa shape index (κ2) is 5.70. The average Bonchev–Trinajstić information content (AvgIpc) is 3.10. The van der Waals surface area contributed by atoms with Crippen molar-refractivity contribution in [1.29, 1.82) is 0 Å². The minimum atomic E-state index is 0.339. The predicted octanol–water partition coefficient (Wildman–Crippen LogP) is 4.08. The zero-order valence-electron chi connectivity index (χ0n) is 14.3. The van der Waals surface area contributed by atoms with Crippen LogP contribution in [-0.4, -0.2) is 32.9 Å². The van der Waals surface area contributed by atoms with Crippen LogP contribution in [0.5, 0.6) is 0 Å². The molecule has 1 aromatic carbocycles. The second-order valence-corrected chi connectivity index (χ2v) is 8.54. The number of carbonyl (C=O) groups is 1. The monoisotopic (exact) mass is 351 g/mol. The van der Waals surface area contributed by atoms with Crippen molar-refractivity contribution in [3.63, 3.8) is 0 Å². The number of fused-ring (bicyclic) bond motifs is 1. The summed E-state index contributed by atoms with van der Waals surface area (Å²) in [6, 6.07) is 9.07. The lowest BCUT2D eigenvalue weighted by Gasteiger charge is -2.16. The van der Waals surface area contributed by atoms with Crippen molar-refractivity contribution in [2.45, 2.75) is 38.8 Å². The minimum absolute atomic E-state index is 0.339. The number of aromatic nitrogens is 2. The van der Waals surface area contributed by atoms with Crippen molar-refractivity contribution in [3.05, 3.63) is 41.5 Å². The van der Waals surface area contributed by atoms with Crippen LogP contribution in [0, 0.1) is 12.8 Å². The van der Waals surface area contributed by atoms with Gasteiger partial charge in [0, 0.05) is 64.4 Å². The number of benzene rings is 1. The quantitative estimate of drug-likeness (QED) is 0.710. The fraction of sp³-hybridized carbons (Fsp3) is 0.400. The van der Waals surface area contributed by atoms with Crippen LogP contribution < -0.4 is 0 Å². The number of thiophene rings is 1. The highest BCUT2D eigenvalue weighted by atomic mass is 32.1. The molecule has 3 aromatic rings. The lowest BCUT2D eigenvalue weighted by Crippen LogP contribution is -2.27. The molecular formula is C20H21N3OS. The largest absolute Gasteiger partial charge is 0.339 e. The molecule has 0 unspecified atom stereocenters. The lowest BCUT2D eigenvalue weighted by molar-refractivity contribution is -0.128. The van der Waals surface area contributed by atoms with E-state index in [1.54, 1.807) is 0 Å². The topological polar surface area (TPSA) is 38.1 Å². The first kappa shape index (κ1) is 15.1. The van der Waals surface area contributed by atoms with Gasteiger partial charge >= 0.3 is 0 Å². The summed E-state index contributed by atoms with van der Waals surface area (Å²) >= 11 is 1.83. The molecule has 1 aliphatic heterocycles. The molecule has 0 spiro atoms. The van der Waals surface area contributed by atoms with Crippen LogP contribution in [0.1, 0.15) is 24.1 Å². The molecule has 0 bridgehead atoms. The van der Waals surface area contributed by atoms with Gasteiger partial charge < -0.3 is 9.47 Å². The SMILES string of the molecule is Cc1sc2ccccc2c1-c1nccn1C[C@H]1CC(=O)N(C2CC2)C1. The Balaban J connectivity index is 1.46. The summed E-state index contributed by atoms with van der Waals surface area (Å²) in [4.78, 5) is 20.3. The van der Waals surface area contributed by atoms with Crippen LogP contribution in [0.15, 0.2) is 36.7 Å². The zero-order valence-corrected chi connectivity index (χ0v) is 15.1. The molecule has 1 amide bonds. The van der Waals surface area contributed by atoms with Gasteiger partial charge in [-0.05, 0) is 25.8 Å². The van der Waals surface area contributed by atoms with Gasteiger partial charge in [0.2, 0.25) is 5.91 Å². The first-order chi connectivity index (χ1) is 12.2. The maximum absolute atomic E-state index is 12.2. The van der Waals surface area contributed by atoms with Crippen LogP contribution in [0.25, 0.3) is 21.5 Å². The molecule has 0 N–H and O–H groups in total. The third-order valence-corrected chi connectivity index (χ3v) is 6.48. The summed E-state index contributed by atoms with van der Waals surface area (Å²) < 4.78 is 3.55. The summed E-state index contributed by atoms with van der Waals surface area (Å²) in [5, 5.41) is 1.28. The number of likely N-dealkylation sites (tertiary alicyclic amines) is 1. The number of hydrogen-bond acceptors (Lipinski definition) is 3. The molecule has 3 heterocycles. The molecule has 2 fully saturated rings. The maximum atomic E-state index is 12.2. The number of aryl methyl sites for hydroxylation is 1. The van der Waals surface area contributed by atoms with E-state index < -0.39 is 0 Å². The van der Waals surface area contributed by atoms with Crippen LogP contribution in [0.4, 0.5) is 0 Å². The Hall–Kier alpha value is -2.14. The van der Waals surface area contributed by atoms with Crippen molar-refractivity contribution in [2.75, 3.05) is 6.54 Å². The highest BCUT2D eigenvalue weighted by Crippen LogP contribution is 2.38. The molecule has 1 aliphatic carbocycles. The lowest BCUT2D eigenvalue weighted by atomic mass is 10.1.